The Labute approximate surface area is 192 Å². The maximum absolute atomic E-state index is 13.8. The average molecular weight is 471 g/mol. The van der Waals surface area contributed by atoms with Gasteiger partial charge in [-0.25, -0.2) is 0 Å². The Bertz CT molecular complexity index is 865. The zero-order chi connectivity index (χ0) is 24.4. The van der Waals surface area contributed by atoms with Crippen LogP contribution in [0.2, 0.25) is 0 Å². The molecule has 1 heterocycles. The Morgan fingerprint density at radius 2 is 2.00 bits per heavy atom. The molecule has 0 spiro atoms. The Kier molecular flexibility index (Phi) is 7.70. The summed E-state index contributed by atoms with van der Waals surface area (Å²) in [6, 6.07) is 2.82. The summed E-state index contributed by atoms with van der Waals surface area (Å²) in [5.74, 6) is -0.452. The average Bonchev–Trinajstić information content (AvgIpc) is 3.51. The van der Waals surface area contributed by atoms with E-state index in [1.165, 1.54) is 12.1 Å². The number of ether oxygens (including phenoxy) is 1. The van der Waals surface area contributed by atoms with Gasteiger partial charge in [0.1, 0.15) is 12.6 Å². The van der Waals surface area contributed by atoms with Gasteiger partial charge in [0.2, 0.25) is 5.91 Å². The number of carbonyl (C=O) groups excluding carboxylic acids is 2. The van der Waals surface area contributed by atoms with E-state index in [0.29, 0.717) is 12.5 Å². The molecule has 0 radical (unpaired) electrons. The number of nitrogens with two attached hydrogens (primary N) is 1. The van der Waals surface area contributed by atoms with Gasteiger partial charge in [0.25, 0.3) is 5.91 Å². The molecule has 7 nitrogen and oxygen atoms in total. The molecule has 0 bridgehead atoms. The third-order valence-corrected chi connectivity index (χ3v) is 5.68. The van der Waals surface area contributed by atoms with Crippen molar-refractivity contribution in [1.29, 1.82) is 0 Å². The maximum atomic E-state index is 13.8. The van der Waals surface area contributed by atoms with E-state index in [0.717, 1.165) is 30.4 Å². The van der Waals surface area contributed by atoms with E-state index in [9.17, 15) is 22.8 Å². The Morgan fingerprint density at radius 1 is 1.30 bits per heavy atom. The van der Waals surface area contributed by atoms with Crippen LogP contribution < -0.4 is 16.0 Å². The van der Waals surface area contributed by atoms with Crippen LogP contribution in [-0.2, 0) is 20.5 Å². The Balaban J connectivity index is 1.83. The molecule has 1 saturated carbocycles. The van der Waals surface area contributed by atoms with Crippen LogP contribution in [0.5, 0.6) is 0 Å². The van der Waals surface area contributed by atoms with Crippen molar-refractivity contribution in [3.05, 3.63) is 23.8 Å². The first kappa shape index (κ1) is 25.5. The monoisotopic (exact) mass is 470 g/mol. The summed E-state index contributed by atoms with van der Waals surface area (Å²) in [7, 11) is 0. The van der Waals surface area contributed by atoms with Gasteiger partial charge in [0, 0.05) is 31.9 Å². The van der Waals surface area contributed by atoms with Crippen molar-refractivity contribution in [2.24, 2.45) is 17.1 Å². The van der Waals surface area contributed by atoms with E-state index >= 15 is 0 Å². The number of carbonyl (C=O) groups is 2. The fourth-order valence-corrected chi connectivity index (χ4v) is 4.04. The SMILES string of the molecule is CC(C)(C)CN(CC1CC1)[C@@H](CN)C(=O)Nc1ccc(N2CCOCC2=O)c(C(F)(F)F)c1. The summed E-state index contributed by atoms with van der Waals surface area (Å²) in [4.78, 5) is 28.3. The van der Waals surface area contributed by atoms with Gasteiger partial charge in [-0.15, -0.1) is 0 Å². The van der Waals surface area contributed by atoms with Crippen LogP contribution >= 0.6 is 0 Å². The summed E-state index contributed by atoms with van der Waals surface area (Å²) in [6.07, 6.45) is -2.49. The molecule has 2 amide bonds. The number of morpholine rings is 1. The zero-order valence-electron chi connectivity index (χ0n) is 19.4. The molecular formula is C23H33F3N4O3. The van der Waals surface area contributed by atoms with E-state index in [-0.39, 0.29) is 43.1 Å². The lowest BCUT2D eigenvalue weighted by Gasteiger charge is -2.35. The summed E-state index contributed by atoms with van der Waals surface area (Å²) in [5.41, 5.74) is 4.66. The summed E-state index contributed by atoms with van der Waals surface area (Å²) < 4.78 is 46.5. The van der Waals surface area contributed by atoms with Gasteiger partial charge in [0.05, 0.1) is 17.9 Å². The predicted octanol–water partition coefficient (Wildman–Crippen LogP) is 3.09. The van der Waals surface area contributed by atoms with E-state index < -0.39 is 29.6 Å². The molecule has 10 heteroatoms. The van der Waals surface area contributed by atoms with E-state index in [2.05, 4.69) is 26.1 Å². The van der Waals surface area contributed by atoms with Crippen molar-refractivity contribution in [3.63, 3.8) is 0 Å². The number of rotatable bonds is 8. The minimum atomic E-state index is -4.70. The van der Waals surface area contributed by atoms with E-state index in [4.69, 9.17) is 10.5 Å². The molecule has 0 aromatic heterocycles. The van der Waals surface area contributed by atoms with Crippen molar-refractivity contribution in [2.75, 3.05) is 49.6 Å². The third-order valence-electron chi connectivity index (χ3n) is 5.68. The first-order valence-corrected chi connectivity index (χ1v) is 11.2. The van der Waals surface area contributed by atoms with Crippen LogP contribution in [0.4, 0.5) is 24.5 Å². The van der Waals surface area contributed by atoms with Gasteiger partial charge in [-0.05, 0) is 42.4 Å². The molecule has 2 fully saturated rings. The molecule has 33 heavy (non-hydrogen) atoms. The van der Waals surface area contributed by atoms with Gasteiger partial charge >= 0.3 is 6.18 Å². The smallest absolute Gasteiger partial charge is 0.370 e. The number of amides is 2. The standard InChI is InChI=1S/C23H33F3N4O3/c1-22(2,3)14-29(12-15-4-5-15)19(11-27)21(32)28-16-6-7-18(17(10-16)23(24,25)26)30-8-9-33-13-20(30)31/h6-7,10,15,19H,4-5,8-9,11-14,27H2,1-3H3,(H,28,32)/t19-/m0/s1. The molecule has 3 N–H and O–H groups in total. The van der Waals surface area contributed by atoms with Crippen molar-refractivity contribution in [1.82, 2.24) is 4.90 Å². The summed E-state index contributed by atoms with van der Waals surface area (Å²) in [5, 5.41) is 2.62. The number of hydrogen-bond acceptors (Lipinski definition) is 5. The van der Waals surface area contributed by atoms with Crippen molar-refractivity contribution < 1.29 is 27.5 Å². The van der Waals surface area contributed by atoms with E-state index in [1.54, 1.807) is 0 Å². The molecule has 0 unspecified atom stereocenters. The van der Waals surface area contributed by atoms with Crippen LogP contribution in [-0.4, -0.2) is 62.1 Å². The lowest BCUT2D eigenvalue weighted by Crippen LogP contribution is -2.51. The second kappa shape index (κ2) is 9.99. The zero-order valence-corrected chi connectivity index (χ0v) is 19.4. The first-order valence-electron chi connectivity index (χ1n) is 11.2. The minimum Gasteiger partial charge on any atom is -0.370 e. The topological polar surface area (TPSA) is 87.9 Å². The molecule has 1 aliphatic carbocycles. The maximum Gasteiger partial charge on any atom is 0.418 e. The second-order valence-electron chi connectivity index (χ2n) is 10.0. The molecule has 1 atom stereocenters. The Hall–Kier alpha value is -2.17. The van der Waals surface area contributed by atoms with Gasteiger partial charge in [0.15, 0.2) is 0 Å². The molecule has 1 aromatic carbocycles. The molecule has 3 rings (SSSR count). The summed E-state index contributed by atoms with van der Waals surface area (Å²) in [6.45, 7) is 7.57. The Morgan fingerprint density at radius 3 is 2.55 bits per heavy atom. The van der Waals surface area contributed by atoms with Crippen LogP contribution in [0.15, 0.2) is 18.2 Å². The number of halogens is 3. The van der Waals surface area contributed by atoms with E-state index in [1.807, 2.05) is 4.90 Å². The number of alkyl halides is 3. The van der Waals surface area contributed by atoms with Crippen LogP contribution in [0.3, 0.4) is 0 Å². The van der Waals surface area contributed by atoms with Gasteiger partial charge < -0.3 is 20.7 Å². The fourth-order valence-electron chi connectivity index (χ4n) is 4.04. The summed E-state index contributed by atoms with van der Waals surface area (Å²) >= 11 is 0. The highest BCUT2D eigenvalue weighted by molar-refractivity contribution is 5.98. The highest BCUT2D eigenvalue weighted by Crippen LogP contribution is 2.39. The van der Waals surface area contributed by atoms with Crippen LogP contribution in [0.25, 0.3) is 0 Å². The van der Waals surface area contributed by atoms with Crippen LogP contribution in [0.1, 0.15) is 39.2 Å². The van der Waals surface area contributed by atoms with Crippen molar-refractivity contribution in [2.45, 2.75) is 45.8 Å². The number of benzene rings is 1. The number of nitrogens with one attached hydrogen (secondary N) is 1. The molecule has 1 aromatic rings. The van der Waals surface area contributed by atoms with Gasteiger partial charge in [-0.2, -0.15) is 13.2 Å². The van der Waals surface area contributed by atoms with Crippen molar-refractivity contribution >= 4 is 23.2 Å². The fraction of sp³-hybridized carbons (Fsp3) is 0.652. The lowest BCUT2D eigenvalue weighted by atomic mass is 9.94. The van der Waals surface area contributed by atoms with Crippen molar-refractivity contribution in [3.8, 4) is 0 Å². The largest absolute Gasteiger partial charge is 0.418 e. The minimum absolute atomic E-state index is 0.0114. The second-order valence-corrected chi connectivity index (χ2v) is 10.0. The number of hydrogen-bond donors (Lipinski definition) is 2. The highest BCUT2D eigenvalue weighted by atomic mass is 19.4. The number of nitrogens with zero attached hydrogens (tertiary/aromatic N) is 2. The molecule has 184 valence electrons. The quantitative estimate of drug-likeness (QED) is 0.610. The first-order chi connectivity index (χ1) is 15.4. The van der Waals surface area contributed by atoms with Gasteiger partial charge in [-0.3, -0.25) is 14.5 Å². The lowest BCUT2D eigenvalue weighted by molar-refractivity contribution is -0.137. The predicted molar refractivity (Wildman–Crippen MR) is 120 cm³/mol. The van der Waals surface area contributed by atoms with Crippen LogP contribution in [0, 0.1) is 11.3 Å². The normalized spacial score (nSPS) is 18.5. The number of anilines is 2. The molecule has 1 aliphatic heterocycles. The molecule has 1 saturated heterocycles. The third kappa shape index (κ3) is 6.91. The van der Waals surface area contributed by atoms with Gasteiger partial charge in [-0.1, -0.05) is 20.8 Å². The highest BCUT2D eigenvalue weighted by Gasteiger charge is 2.38. The molecule has 2 aliphatic rings. The molecular weight excluding hydrogens is 437 g/mol.